The Kier molecular flexibility index (Phi) is 11.6. The highest BCUT2D eigenvalue weighted by Gasteiger charge is 2.29. The van der Waals surface area contributed by atoms with E-state index in [0.29, 0.717) is 18.6 Å². The number of ether oxygens (including phenoxy) is 1. The molecule has 0 unspecified atom stereocenters. The number of carboxylic acid groups (broad SMARTS) is 2. The van der Waals surface area contributed by atoms with E-state index in [-0.39, 0.29) is 5.97 Å². The fourth-order valence-electron chi connectivity index (χ4n) is 4.61. The Hall–Kier alpha value is -3.61. The van der Waals surface area contributed by atoms with Crippen LogP contribution in [0, 0.1) is 11.3 Å². The zero-order chi connectivity index (χ0) is 28.2. The van der Waals surface area contributed by atoms with Crippen molar-refractivity contribution in [3.8, 4) is 6.07 Å². The molecule has 2 aromatic carbocycles. The van der Waals surface area contributed by atoms with Gasteiger partial charge in [-0.3, -0.25) is 9.69 Å². The molecule has 0 bridgehead atoms. The second-order valence-corrected chi connectivity index (χ2v) is 10.5. The van der Waals surface area contributed by atoms with Crippen molar-refractivity contribution in [2.75, 3.05) is 26.2 Å². The second kappa shape index (κ2) is 15.1. The van der Waals surface area contributed by atoms with Gasteiger partial charge in [-0.2, -0.15) is 5.26 Å². The van der Waals surface area contributed by atoms with Crippen LogP contribution in [0.1, 0.15) is 68.6 Å². The van der Waals surface area contributed by atoms with Crippen LogP contribution in [0.3, 0.4) is 0 Å². The lowest BCUT2D eigenvalue weighted by Gasteiger charge is -2.18. The topological polar surface area (TPSA) is 128 Å². The van der Waals surface area contributed by atoms with Gasteiger partial charge in [0.15, 0.2) is 0 Å². The number of nitriles is 1. The largest absolute Gasteiger partial charge is 0.473 e. The maximum absolute atomic E-state index is 12.0. The first-order chi connectivity index (χ1) is 18.8. The van der Waals surface area contributed by atoms with E-state index in [1.54, 1.807) is 11.8 Å². The quantitative estimate of drug-likeness (QED) is 0.217. The molecule has 4 rings (SSSR count). The molecular weight excluding hydrogens is 516 g/mol. The molecule has 8 nitrogen and oxygen atoms in total. The molecule has 2 aliphatic rings. The third kappa shape index (κ3) is 8.70. The van der Waals surface area contributed by atoms with Gasteiger partial charge < -0.3 is 14.9 Å². The number of esters is 1. The first-order valence-electron chi connectivity index (χ1n) is 13.2. The van der Waals surface area contributed by atoms with Crippen molar-refractivity contribution in [2.45, 2.75) is 61.7 Å². The van der Waals surface area contributed by atoms with Crippen molar-refractivity contribution in [1.82, 2.24) is 4.90 Å². The molecule has 0 spiro atoms. The molecule has 0 aromatic heterocycles. The monoisotopic (exact) mass is 550 g/mol. The fourth-order valence-corrected chi connectivity index (χ4v) is 5.73. The summed E-state index contributed by atoms with van der Waals surface area (Å²) in [7, 11) is 0. The number of aliphatic carboxylic acids is 2. The van der Waals surface area contributed by atoms with Crippen molar-refractivity contribution in [3.05, 3.63) is 59.2 Å². The molecular formula is C30H34N2O6S. The summed E-state index contributed by atoms with van der Waals surface area (Å²) in [5, 5.41) is 24.2. The molecule has 2 N–H and O–H groups in total. The number of carbonyl (C=O) groups excluding carboxylic acids is 1. The van der Waals surface area contributed by atoms with Crippen LogP contribution >= 0.6 is 11.8 Å². The second-order valence-electron chi connectivity index (χ2n) is 9.44. The minimum absolute atomic E-state index is 0.0641. The number of rotatable bonds is 10. The SMILES string of the molecule is CCCCCCCC(=O)OCCCN1CC2=C(C1)c1cc(C#N)ccc1Sc1ccccc12.O=C(O)C(=O)O. The zero-order valence-corrected chi connectivity index (χ0v) is 23.0. The number of hydrogen-bond acceptors (Lipinski definition) is 7. The van der Waals surface area contributed by atoms with E-state index in [4.69, 9.17) is 24.5 Å². The summed E-state index contributed by atoms with van der Waals surface area (Å²) in [5.74, 6) is -3.71. The Morgan fingerprint density at radius 2 is 1.59 bits per heavy atom. The maximum atomic E-state index is 12.0. The molecule has 2 aromatic rings. The standard InChI is InChI=1S/C28H32N2O2S.C2H2O4/c1-2-3-4-5-6-12-28(31)32-16-9-15-30-19-24-22-10-7-8-11-26(22)33-27-14-13-21(18-29)17-23(27)25(24)20-30;3-1(4)2(5)6/h7-8,10-11,13-14,17H,2-6,9,12,15-16,19-20H2,1H3;(H,3,4)(H,5,6). The minimum atomic E-state index is -1.82. The lowest BCUT2D eigenvalue weighted by molar-refractivity contribution is -0.159. The van der Waals surface area contributed by atoms with E-state index in [0.717, 1.165) is 38.9 Å². The van der Waals surface area contributed by atoms with E-state index in [2.05, 4.69) is 48.2 Å². The highest BCUT2D eigenvalue weighted by atomic mass is 32.2. The third-order valence-electron chi connectivity index (χ3n) is 6.54. The van der Waals surface area contributed by atoms with Crippen LogP contribution < -0.4 is 0 Å². The van der Waals surface area contributed by atoms with Gasteiger partial charge in [0.25, 0.3) is 0 Å². The van der Waals surface area contributed by atoms with Gasteiger partial charge in [-0.1, -0.05) is 62.6 Å². The van der Waals surface area contributed by atoms with E-state index in [1.807, 2.05) is 12.1 Å². The molecule has 0 saturated heterocycles. The van der Waals surface area contributed by atoms with E-state index < -0.39 is 11.9 Å². The molecule has 0 fully saturated rings. The van der Waals surface area contributed by atoms with Crippen molar-refractivity contribution in [1.29, 1.82) is 5.26 Å². The molecule has 0 amide bonds. The van der Waals surface area contributed by atoms with Crippen LogP contribution in [0.2, 0.25) is 0 Å². The molecule has 2 heterocycles. The summed E-state index contributed by atoms with van der Waals surface area (Å²) in [6.45, 7) is 5.31. The van der Waals surface area contributed by atoms with Crippen molar-refractivity contribution >= 4 is 40.8 Å². The smallest absolute Gasteiger partial charge is 0.414 e. The summed E-state index contributed by atoms with van der Waals surface area (Å²) in [6.07, 6.45) is 7.09. The number of benzene rings is 2. The molecule has 0 atom stereocenters. The molecule has 2 aliphatic heterocycles. The van der Waals surface area contributed by atoms with Crippen LogP contribution in [0.5, 0.6) is 0 Å². The summed E-state index contributed by atoms with van der Waals surface area (Å²) in [5.41, 5.74) is 5.86. The Labute approximate surface area is 233 Å². The molecule has 0 saturated carbocycles. The van der Waals surface area contributed by atoms with Crippen LogP contribution in [-0.2, 0) is 19.1 Å². The third-order valence-corrected chi connectivity index (χ3v) is 7.69. The highest BCUT2D eigenvalue weighted by molar-refractivity contribution is 7.99. The van der Waals surface area contributed by atoms with E-state index in [1.165, 1.54) is 51.3 Å². The number of carboxylic acids is 2. The van der Waals surface area contributed by atoms with Gasteiger partial charge in [-0.25, -0.2) is 9.59 Å². The summed E-state index contributed by atoms with van der Waals surface area (Å²) in [6, 6.07) is 16.9. The van der Waals surface area contributed by atoms with Crippen LogP contribution in [0.25, 0.3) is 11.1 Å². The number of unbranched alkanes of at least 4 members (excludes halogenated alkanes) is 4. The molecule has 9 heteroatoms. The summed E-state index contributed by atoms with van der Waals surface area (Å²) < 4.78 is 5.47. The zero-order valence-electron chi connectivity index (χ0n) is 22.1. The Morgan fingerprint density at radius 3 is 2.28 bits per heavy atom. The average molecular weight is 551 g/mol. The van der Waals surface area contributed by atoms with Crippen LogP contribution in [0.15, 0.2) is 52.3 Å². The molecule has 206 valence electrons. The van der Waals surface area contributed by atoms with Gasteiger partial charge in [0.2, 0.25) is 0 Å². The normalized spacial score (nSPS) is 13.6. The molecule has 0 aliphatic carbocycles. The van der Waals surface area contributed by atoms with Crippen molar-refractivity contribution in [2.24, 2.45) is 0 Å². The Morgan fingerprint density at radius 1 is 0.923 bits per heavy atom. The van der Waals surface area contributed by atoms with Gasteiger partial charge >= 0.3 is 17.9 Å². The number of hydrogen-bond donors (Lipinski definition) is 2. The summed E-state index contributed by atoms with van der Waals surface area (Å²) >= 11 is 1.79. The number of fused-ring (bicyclic) bond motifs is 4. The highest BCUT2D eigenvalue weighted by Crippen LogP contribution is 2.46. The Balaban J connectivity index is 0.000000631. The summed E-state index contributed by atoms with van der Waals surface area (Å²) in [4.78, 5) is 35.1. The van der Waals surface area contributed by atoms with Crippen molar-refractivity contribution < 1.29 is 29.3 Å². The molecule has 39 heavy (non-hydrogen) atoms. The lowest BCUT2D eigenvalue weighted by atomic mass is 9.96. The maximum Gasteiger partial charge on any atom is 0.414 e. The van der Waals surface area contributed by atoms with E-state index in [9.17, 15) is 10.1 Å². The first kappa shape index (κ1) is 29.9. The minimum Gasteiger partial charge on any atom is -0.473 e. The number of carbonyl (C=O) groups is 3. The van der Waals surface area contributed by atoms with Crippen LogP contribution in [-0.4, -0.2) is 59.3 Å². The molecule has 0 radical (unpaired) electrons. The predicted molar refractivity (Wildman–Crippen MR) is 149 cm³/mol. The van der Waals surface area contributed by atoms with E-state index >= 15 is 0 Å². The van der Waals surface area contributed by atoms with Gasteiger partial charge in [0, 0.05) is 35.8 Å². The van der Waals surface area contributed by atoms with Gasteiger partial charge in [-0.05, 0) is 59.4 Å². The van der Waals surface area contributed by atoms with Gasteiger partial charge in [-0.15, -0.1) is 0 Å². The van der Waals surface area contributed by atoms with Gasteiger partial charge in [0.05, 0.1) is 18.2 Å². The fraction of sp³-hybridized carbons (Fsp3) is 0.400. The van der Waals surface area contributed by atoms with Gasteiger partial charge in [0.1, 0.15) is 0 Å². The van der Waals surface area contributed by atoms with Crippen molar-refractivity contribution in [3.63, 3.8) is 0 Å². The Bertz CT molecular complexity index is 1250. The average Bonchev–Trinajstić information content (AvgIpc) is 3.30. The first-order valence-corrected chi connectivity index (χ1v) is 14.0. The number of nitrogens with zero attached hydrogens (tertiary/aromatic N) is 2. The lowest BCUT2D eigenvalue weighted by Crippen LogP contribution is -2.24. The van der Waals surface area contributed by atoms with Crippen LogP contribution in [0.4, 0.5) is 0 Å². The predicted octanol–water partition coefficient (Wildman–Crippen LogP) is 5.70.